The number of fused-ring (bicyclic) bond motifs is 1. The largest absolute Gasteiger partial charge is 0.318 e. The molecule has 0 saturated carbocycles. The maximum atomic E-state index is 13.5. The number of halogens is 1. The number of nitrogens with one attached hydrogen (secondary N) is 2. The van der Waals surface area contributed by atoms with Crippen LogP contribution in [0.5, 0.6) is 0 Å². The molecule has 2 aromatic heterocycles. The third-order valence-electron chi connectivity index (χ3n) is 5.85. The van der Waals surface area contributed by atoms with E-state index in [0.717, 1.165) is 30.6 Å². The van der Waals surface area contributed by atoms with Crippen molar-refractivity contribution >= 4 is 11.0 Å². The van der Waals surface area contributed by atoms with Crippen molar-refractivity contribution in [1.82, 2.24) is 30.0 Å². The Morgan fingerprint density at radius 2 is 1.88 bits per heavy atom. The topological polar surface area (TPSA) is 78.8 Å². The second-order valence-corrected chi connectivity index (χ2v) is 8.10. The predicted molar refractivity (Wildman–Crippen MR) is 127 cm³/mol. The molecule has 0 fully saturated rings. The number of likely N-dealkylation sites (N-methyl/N-ethyl adjacent to an activating group) is 1. The van der Waals surface area contributed by atoms with Crippen LogP contribution in [0.3, 0.4) is 0 Å². The molecule has 0 saturated heterocycles. The standard InChI is InChI=1S/C25H29FN6O/c1-3-22(31(14-13-27-2)16-19-9-11-20(26)12-10-19)24-29-23-21(15-28-30-23)25(33)32(24)17-18-7-5-4-6-8-18/h4-12,15,22,27H,3,13-14,16-17H2,1-2H3,(H,28,30). The molecule has 0 amide bonds. The van der Waals surface area contributed by atoms with Gasteiger partial charge in [0.1, 0.15) is 17.0 Å². The van der Waals surface area contributed by atoms with Gasteiger partial charge in [0.05, 0.1) is 18.8 Å². The van der Waals surface area contributed by atoms with Crippen LogP contribution in [0.1, 0.15) is 36.3 Å². The van der Waals surface area contributed by atoms with Gasteiger partial charge in [-0.15, -0.1) is 0 Å². The Balaban J connectivity index is 1.78. The monoisotopic (exact) mass is 448 g/mol. The Hall–Kier alpha value is -3.36. The first-order valence-corrected chi connectivity index (χ1v) is 11.2. The van der Waals surface area contributed by atoms with E-state index in [9.17, 15) is 9.18 Å². The number of aromatic nitrogens is 4. The smallest absolute Gasteiger partial charge is 0.265 e. The van der Waals surface area contributed by atoms with Crippen molar-refractivity contribution in [3.8, 4) is 0 Å². The minimum atomic E-state index is -0.254. The van der Waals surface area contributed by atoms with Crippen LogP contribution >= 0.6 is 0 Å². The first kappa shape index (κ1) is 22.8. The average molecular weight is 449 g/mol. The minimum absolute atomic E-state index is 0.110. The summed E-state index contributed by atoms with van der Waals surface area (Å²) >= 11 is 0. The van der Waals surface area contributed by atoms with Gasteiger partial charge in [-0.25, -0.2) is 9.37 Å². The van der Waals surface area contributed by atoms with Crippen LogP contribution in [0.4, 0.5) is 4.39 Å². The molecule has 1 atom stereocenters. The fourth-order valence-electron chi connectivity index (χ4n) is 4.15. The van der Waals surface area contributed by atoms with Crippen molar-refractivity contribution in [1.29, 1.82) is 0 Å². The summed E-state index contributed by atoms with van der Waals surface area (Å²) in [7, 11) is 1.91. The van der Waals surface area contributed by atoms with Crippen LogP contribution in [-0.2, 0) is 13.1 Å². The first-order chi connectivity index (χ1) is 16.1. The van der Waals surface area contributed by atoms with E-state index in [-0.39, 0.29) is 17.4 Å². The highest BCUT2D eigenvalue weighted by molar-refractivity contribution is 5.72. The summed E-state index contributed by atoms with van der Waals surface area (Å²) in [5.74, 6) is 0.442. The Labute approximate surface area is 192 Å². The van der Waals surface area contributed by atoms with Crippen LogP contribution < -0.4 is 10.9 Å². The van der Waals surface area contributed by atoms with E-state index >= 15 is 0 Å². The van der Waals surface area contributed by atoms with Gasteiger partial charge in [0.2, 0.25) is 0 Å². The SMILES string of the molecule is CCC(c1nc2[nH]ncc2c(=O)n1Cc1ccccc1)N(CCNC)Cc1ccc(F)cc1. The fourth-order valence-corrected chi connectivity index (χ4v) is 4.15. The van der Waals surface area contributed by atoms with Gasteiger partial charge in [-0.2, -0.15) is 5.10 Å². The molecular formula is C25H29FN6O. The second kappa shape index (κ2) is 10.5. The minimum Gasteiger partial charge on any atom is -0.318 e. The van der Waals surface area contributed by atoms with Crippen molar-refractivity contribution in [2.75, 3.05) is 20.1 Å². The van der Waals surface area contributed by atoms with Crippen molar-refractivity contribution in [2.24, 2.45) is 0 Å². The van der Waals surface area contributed by atoms with Crippen LogP contribution in [-0.4, -0.2) is 44.8 Å². The lowest BCUT2D eigenvalue weighted by atomic mass is 10.1. The number of rotatable bonds is 10. The first-order valence-electron chi connectivity index (χ1n) is 11.2. The fraction of sp³-hybridized carbons (Fsp3) is 0.320. The van der Waals surface area contributed by atoms with Crippen molar-refractivity contribution in [2.45, 2.75) is 32.5 Å². The lowest BCUT2D eigenvalue weighted by molar-refractivity contribution is 0.172. The zero-order valence-corrected chi connectivity index (χ0v) is 19.0. The Bertz CT molecular complexity index is 1240. The van der Waals surface area contributed by atoms with Gasteiger partial charge in [0.15, 0.2) is 5.65 Å². The highest BCUT2D eigenvalue weighted by atomic mass is 19.1. The number of aromatic amines is 1. The summed E-state index contributed by atoms with van der Waals surface area (Å²) in [6.45, 7) is 4.65. The average Bonchev–Trinajstić information content (AvgIpc) is 3.31. The van der Waals surface area contributed by atoms with Gasteiger partial charge in [-0.3, -0.25) is 19.4 Å². The van der Waals surface area contributed by atoms with Gasteiger partial charge < -0.3 is 5.32 Å². The second-order valence-electron chi connectivity index (χ2n) is 8.10. The lowest BCUT2D eigenvalue weighted by Gasteiger charge is -2.32. The number of H-pyrrole nitrogens is 1. The van der Waals surface area contributed by atoms with Gasteiger partial charge in [0.25, 0.3) is 5.56 Å². The third kappa shape index (κ3) is 5.18. The molecule has 0 aliphatic rings. The molecule has 2 N–H and O–H groups in total. The van der Waals surface area contributed by atoms with Gasteiger partial charge in [0, 0.05) is 19.6 Å². The Morgan fingerprint density at radius 1 is 1.12 bits per heavy atom. The van der Waals surface area contributed by atoms with Gasteiger partial charge in [-0.05, 0) is 36.7 Å². The number of hydrogen-bond donors (Lipinski definition) is 2. The molecule has 33 heavy (non-hydrogen) atoms. The van der Waals surface area contributed by atoms with E-state index in [1.165, 1.54) is 18.3 Å². The summed E-state index contributed by atoms with van der Waals surface area (Å²) < 4.78 is 15.2. The van der Waals surface area contributed by atoms with Gasteiger partial charge in [-0.1, -0.05) is 49.4 Å². The van der Waals surface area contributed by atoms with E-state index in [4.69, 9.17) is 4.98 Å². The third-order valence-corrected chi connectivity index (χ3v) is 5.85. The van der Waals surface area contributed by atoms with E-state index in [0.29, 0.717) is 29.9 Å². The molecule has 0 radical (unpaired) electrons. The summed E-state index contributed by atoms with van der Waals surface area (Å²) in [6.07, 6.45) is 2.29. The van der Waals surface area contributed by atoms with E-state index in [1.807, 2.05) is 37.4 Å². The molecule has 2 aromatic carbocycles. The predicted octanol–water partition coefficient (Wildman–Crippen LogP) is 3.48. The number of benzene rings is 2. The highest BCUT2D eigenvalue weighted by Crippen LogP contribution is 2.25. The molecular weight excluding hydrogens is 419 g/mol. The molecule has 2 heterocycles. The summed E-state index contributed by atoms with van der Waals surface area (Å²) in [4.78, 5) is 20.6. The molecule has 0 spiro atoms. The van der Waals surface area contributed by atoms with Crippen LogP contribution in [0.25, 0.3) is 11.0 Å². The van der Waals surface area contributed by atoms with Crippen molar-refractivity contribution < 1.29 is 4.39 Å². The Morgan fingerprint density at radius 3 is 2.58 bits per heavy atom. The quantitative estimate of drug-likeness (QED) is 0.388. The summed E-state index contributed by atoms with van der Waals surface area (Å²) in [5, 5.41) is 10.6. The molecule has 7 nitrogen and oxygen atoms in total. The Kier molecular flexibility index (Phi) is 7.26. The molecule has 8 heteroatoms. The van der Waals surface area contributed by atoms with Crippen LogP contribution in [0, 0.1) is 5.82 Å². The van der Waals surface area contributed by atoms with Crippen molar-refractivity contribution in [3.05, 3.63) is 93.9 Å². The number of hydrogen-bond acceptors (Lipinski definition) is 5. The summed E-state index contributed by atoms with van der Waals surface area (Å²) in [5.41, 5.74) is 2.42. The van der Waals surface area contributed by atoms with Gasteiger partial charge >= 0.3 is 0 Å². The van der Waals surface area contributed by atoms with Crippen molar-refractivity contribution in [3.63, 3.8) is 0 Å². The maximum absolute atomic E-state index is 13.5. The molecule has 172 valence electrons. The van der Waals surface area contributed by atoms with E-state index < -0.39 is 0 Å². The molecule has 0 aliphatic heterocycles. The number of nitrogens with zero attached hydrogens (tertiary/aromatic N) is 4. The van der Waals surface area contributed by atoms with Crippen LogP contribution in [0.15, 0.2) is 65.6 Å². The maximum Gasteiger partial charge on any atom is 0.265 e. The van der Waals surface area contributed by atoms with E-state index in [1.54, 1.807) is 16.7 Å². The zero-order chi connectivity index (χ0) is 23.2. The molecule has 4 rings (SSSR count). The molecule has 0 bridgehead atoms. The van der Waals surface area contributed by atoms with Crippen LogP contribution in [0.2, 0.25) is 0 Å². The normalized spacial score (nSPS) is 12.5. The molecule has 0 aliphatic carbocycles. The van der Waals surface area contributed by atoms with E-state index in [2.05, 4.69) is 27.3 Å². The molecule has 1 unspecified atom stereocenters. The summed E-state index contributed by atoms with van der Waals surface area (Å²) in [6, 6.07) is 16.4. The lowest BCUT2D eigenvalue weighted by Crippen LogP contribution is -2.38. The molecule has 4 aromatic rings. The zero-order valence-electron chi connectivity index (χ0n) is 19.0. The highest BCUT2D eigenvalue weighted by Gasteiger charge is 2.25.